The molecule has 0 bridgehead atoms. The summed E-state index contributed by atoms with van der Waals surface area (Å²) in [6.07, 6.45) is 5.60. The summed E-state index contributed by atoms with van der Waals surface area (Å²) in [5, 5.41) is 20.3. The summed E-state index contributed by atoms with van der Waals surface area (Å²) in [5.74, 6) is 0.951. The number of nitrogens with zero attached hydrogens (tertiary/aromatic N) is 3. The number of hydrogen-bond acceptors (Lipinski definition) is 3. The predicted molar refractivity (Wildman–Crippen MR) is 111 cm³/mol. The molecule has 0 spiro atoms. The molecule has 1 heterocycles. The number of halogens is 1. The molecule has 0 aliphatic carbocycles. The fraction of sp³-hybridized carbons (Fsp3) is 0.524. The van der Waals surface area contributed by atoms with E-state index in [1.165, 1.54) is 12.1 Å². The molecule has 1 aromatic heterocycles. The van der Waals surface area contributed by atoms with Crippen molar-refractivity contribution >= 4 is 5.96 Å². The molecule has 0 amide bonds. The zero-order valence-electron chi connectivity index (χ0n) is 16.9. The number of aliphatic imine (C=N–C) groups is 1. The van der Waals surface area contributed by atoms with Gasteiger partial charge in [-0.05, 0) is 56.0 Å². The van der Waals surface area contributed by atoms with E-state index in [9.17, 15) is 9.50 Å². The van der Waals surface area contributed by atoms with E-state index in [0.29, 0.717) is 19.0 Å². The maximum Gasteiger partial charge on any atom is 0.191 e. The molecule has 28 heavy (non-hydrogen) atoms. The number of guanidine groups is 1. The van der Waals surface area contributed by atoms with Crippen LogP contribution in [0.5, 0.6) is 0 Å². The third kappa shape index (κ3) is 7.31. The molecule has 0 saturated heterocycles. The molecule has 1 aromatic carbocycles. The molecule has 2 rings (SSSR count). The Kier molecular flexibility index (Phi) is 9.48. The standard InChI is InChI=1S/C21H32FN5O/c1-3-5-17(12-15-28)16-25-21(23-4-2)24-13-10-19-11-14-27(26-19)20-8-6-18(22)7-9-20/h6-9,11,14,17,28H,3-5,10,12-13,15-16H2,1-2H3,(H2,23,24,25). The van der Waals surface area contributed by atoms with Crippen LogP contribution in [0.4, 0.5) is 4.39 Å². The fourth-order valence-electron chi connectivity index (χ4n) is 3.02. The van der Waals surface area contributed by atoms with Crippen LogP contribution in [0.15, 0.2) is 41.5 Å². The second-order valence-electron chi connectivity index (χ2n) is 6.79. The van der Waals surface area contributed by atoms with Crippen LogP contribution in [0.25, 0.3) is 5.69 Å². The Balaban J connectivity index is 1.86. The molecule has 0 aliphatic rings. The summed E-state index contributed by atoms with van der Waals surface area (Å²) in [6.45, 7) is 6.62. The average molecular weight is 390 g/mol. The van der Waals surface area contributed by atoms with Gasteiger partial charge >= 0.3 is 0 Å². The van der Waals surface area contributed by atoms with Crippen LogP contribution in [-0.4, -0.2) is 47.1 Å². The van der Waals surface area contributed by atoms with Crippen LogP contribution < -0.4 is 10.6 Å². The second kappa shape index (κ2) is 12.1. The Morgan fingerprint density at radius 3 is 2.64 bits per heavy atom. The van der Waals surface area contributed by atoms with Gasteiger partial charge in [0.25, 0.3) is 0 Å². The monoisotopic (exact) mass is 389 g/mol. The van der Waals surface area contributed by atoms with Crippen molar-refractivity contribution in [2.24, 2.45) is 10.9 Å². The third-order valence-electron chi connectivity index (χ3n) is 4.50. The molecule has 7 heteroatoms. The third-order valence-corrected chi connectivity index (χ3v) is 4.50. The quantitative estimate of drug-likeness (QED) is 0.408. The molecule has 0 saturated carbocycles. The molecule has 1 atom stereocenters. The minimum absolute atomic E-state index is 0.209. The molecule has 154 valence electrons. The lowest BCUT2D eigenvalue weighted by Gasteiger charge is -2.15. The van der Waals surface area contributed by atoms with E-state index >= 15 is 0 Å². The van der Waals surface area contributed by atoms with E-state index < -0.39 is 0 Å². The lowest BCUT2D eigenvalue weighted by atomic mass is 10.0. The first kappa shape index (κ1) is 21.9. The molecule has 0 fully saturated rings. The first-order chi connectivity index (χ1) is 13.7. The number of benzene rings is 1. The van der Waals surface area contributed by atoms with Crippen molar-refractivity contribution in [1.82, 2.24) is 20.4 Å². The summed E-state index contributed by atoms with van der Waals surface area (Å²) in [4.78, 5) is 4.67. The van der Waals surface area contributed by atoms with E-state index in [2.05, 4.69) is 27.6 Å². The van der Waals surface area contributed by atoms with Gasteiger partial charge in [-0.25, -0.2) is 9.07 Å². The fourth-order valence-corrected chi connectivity index (χ4v) is 3.02. The van der Waals surface area contributed by atoms with Crippen LogP contribution in [-0.2, 0) is 6.42 Å². The zero-order valence-corrected chi connectivity index (χ0v) is 16.9. The minimum atomic E-state index is -0.254. The largest absolute Gasteiger partial charge is 0.396 e. The maximum absolute atomic E-state index is 13.0. The Morgan fingerprint density at radius 2 is 1.96 bits per heavy atom. The van der Waals surface area contributed by atoms with Gasteiger partial charge in [-0.3, -0.25) is 4.99 Å². The molecular weight excluding hydrogens is 357 g/mol. The van der Waals surface area contributed by atoms with Crippen molar-refractivity contribution < 1.29 is 9.50 Å². The van der Waals surface area contributed by atoms with Crippen LogP contribution in [0, 0.1) is 11.7 Å². The van der Waals surface area contributed by atoms with E-state index in [4.69, 9.17) is 0 Å². The normalized spacial score (nSPS) is 12.8. The van der Waals surface area contributed by atoms with Crippen molar-refractivity contribution in [3.63, 3.8) is 0 Å². The lowest BCUT2D eigenvalue weighted by Crippen LogP contribution is -2.38. The number of hydrogen-bond donors (Lipinski definition) is 3. The van der Waals surface area contributed by atoms with E-state index in [1.54, 1.807) is 16.8 Å². The summed E-state index contributed by atoms with van der Waals surface area (Å²) >= 11 is 0. The molecule has 3 N–H and O–H groups in total. The van der Waals surface area contributed by atoms with Crippen LogP contribution in [0.2, 0.25) is 0 Å². The number of nitrogens with one attached hydrogen (secondary N) is 2. The van der Waals surface area contributed by atoms with Gasteiger partial charge in [-0.15, -0.1) is 0 Å². The Morgan fingerprint density at radius 1 is 1.18 bits per heavy atom. The Hall–Kier alpha value is -2.41. The number of aliphatic hydroxyl groups is 1. The predicted octanol–water partition coefficient (Wildman–Crippen LogP) is 2.91. The van der Waals surface area contributed by atoms with Gasteiger partial charge in [0.1, 0.15) is 5.82 Å². The maximum atomic E-state index is 13.0. The van der Waals surface area contributed by atoms with Crippen molar-refractivity contribution in [1.29, 1.82) is 0 Å². The molecule has 0 radical (unpaired) electrons. The smallest absolute Gasteiger partial charge is 0.191 e. The van der Waals surface area contributed by atoms with E-state index in [1.807, 2.05) is 19.2 Å². The highest BCUT2D eigenvalue weighted by Gasteiger charge is 2.08. The summed E-state index contributed by atoms with van der Waals surface area (Å²) in [6, 6.07) is 8.24. The SMILES string of the molecule is CCCC(CCO)CN=C(NCC)NCCc1ccn(-c2ccc(F)cc2)n1. The molecular formula is C21H32FN5O. The van der Waals surface area contributed by atoms with Gasteiger partial charge in [0, 0.05) is 38.9 Å². The minimum Gasteiger partial charge on any atom is -0.396 e. The van der Waals surface area contributed by atoms with Crippen molar-refractivity contribution in [3.05, 3.63) is 48.0 Å². The highest BCUT2D eigenvalue weighted by molar-refractivity contribution is 5.79. The zero-order chi connectivity index (χ0) is 20.2. The van der Waals surface area contributed by atoms with Crippen molar-refractivity contribution in [2.45, 2.75) is 39.5 Å². The van der Waals surface area contributed by atoms with Gasteiger partial charge < -0.3 is 15.7 Å². The van der Waals surface area contributed by atoms with Gasteiger partial charge in [-0.1, -0.05) is 13.3 Å². The molecule has 1 unspecified atom stereocenters. The summed E-state index contributed by atoms with van der Waals surface area (Å²) in [7, 11) is 0. The van der Waals surface area contributed by atoms with Gasteiger partial charge in [-0.2, -0.15) is 5.10 Å². The number of rotatable bonds is 11. The summed E-state index contributed by atoms with van der Waals surface area (Å²) in [5.41, 5.74) is 1.79. The van der Waals surface area contributed by atoms with Gasteiger partial charge in [0.2, 0.25) is 0 Å². The number of aliphatic hydroxyl groups excluding tert-OH is 1. The molecule has 6 nitrogen and oxygen atoms in total. The Labute approximate surface area is 166 Å². The highest BCUT2D eigenvalue weighted by atomic mass is 19.1. The molecule has 0 aliphatic heterocycles. The average Bonchev–Trinajstić information content (AvgIpc) is 3.15. The van der Waals surface area contributed by atoms with Crippen LogP contribution >= 0.6 is 0 Å². The van der Waals surface area contributed by atoms with Gasteiger partial charge in [0.15, 0.2) is 5.96 Å². The Bertz CT molecular complexity index is 708. The van der Waals surface area contributed by atoms with Gasteiger partial charge in [0.05, 0.1) is 11.4 Å². The van der Waals surface area contributed by atoms with E-state index in [0.717, 1.165) is 49.6 Å². The van der Waals surface area contributed by atoms with E-state index in [-0.39, 0.29) is 12.4 Å². The topological polar surface area (TPSA) is 74.5 Å². The van der Waals surface area contributed by atoms with Crippen molar-refractivity contribution in [3.8, 4) is 5.69 Å². The lowest BCUT2D eigenvalue weighted by molar-refractivity contribution is 0.253. The highest BCUT2D eigenvalue weighted by Crippen LogP contribution is 2.11. The van der Waals surface area contributed by atoms with Crippen LogP contribution in [0.1, 0.15) is 38.8 Å². The van der Waals surface area contributed by atoms with Crippen LogP contribution in [0.3, 0.4) is 0 Å². The molecule has 2 aromatic rings. The first-order valence-corrected chi connectivity index (χ1v) is 10.1. The second-order valence-corrected chi connectivity index (χ2v) is 6.79. The summed E-state index contributed by atoms with van der Waals surface area (Å²) < 4.78 is 14.8. The first-order valence-electron chi connectivity index (χ1n) is 10.1. The number of aromatic nitrogens is 2. The van der Waals surface area contributed by atoms with Crippen molar-refractivity contribution in [2.75, 3.05) is 26.2 Å².